The lowest BCUT2D eigenvalue weighted by Crippen LogP contribution is -2.61. The molecule has 0 spiro atoms. The molecule has 0 fully saturated rings. The van der Waals surface area contributed by atoms with Gasteiger partial charge in [0.25, 0.3) is 0 Å². The number of aliphatic hydroxyl groups excluding tert-OH is 3. The van der Waals surface area contributed by atoms with Crippen molar-refractivity contribution in [2.24, 2.45) is 16.5 Å². The minimum atomic E-state index is -1.73. The van der Waals surface area contributed by atoms with Crippen molar-refractivity contribution in [3.05, 3.63) is 11.8 Å². The van der Waals surface area contributed by atoms with Gasteiger partial charge in [-0.15, -0.1) is 0 Å². The van der Waals surface area contributed by atoms with Crippen molar-refractivity contribution >= 4 is 18.0 Å². The van der Waals surface area contributed by atoms with Crippen molar-refractivity contribution in [1.82, 2.24) is 10.6 Å². The Bertz CT molecular complexity index is 609. The largest absolute Gasteiger partial charge is 0.478 e. The maximum Gasteiger partial charge on any atom is 0.370 e. The Morgan fingerprint density at radius 1 is 1.28 bits per heavy atom. The van der Waals surface area contributed by atoms with Crippen molar-refractivity contribution in [1.29, 1.82) is 0 Å². The zero-order chi connectivity index (χ0) is 22.0. The second-order valence-corrected chi connectivity index (χ2v) is 6.69. The van der Waals surface area contributed by atoms with Crippen molar-refractivity contribution in [3.8, 4) is 0 Å². The van der Waals surface area contributed by atoms with Gasteiger partial charge in [0.2, 0.25) is 5.76 Å². The fraction of sp³-hybridized carbons (Fsp3) is 0.706. The number of carbonyl (C=O) groups excluding carboxylic acids is 1. The lowest BCUT2D eigenvalue weighted by atomic mass is 9.92. The molecular formula is C17H31N5O7. The first-order chi connectivity index (χ1) is 13.7. The molecular weight excluding hydrogens is 386 g/mol. The molecule has 1 rings (SSSR count). The van der Waals surface area contributed by atoms with Gasteiger partial charge >= 0.3 is 12.0 Å². The summed E-state index contributed by atoms with van der Waals surface area (Å²) in [7, 11) is 0. The van der Waals surface area contributed by atoms with E-state index in [0.29, 0.717) is 6.54 Å². The molecule has 0 saturated carbocycles. The minimum Gasteiger partial charge on any atom is -0.478 e. The number of hydrogen-bond donors (Lipinski definition) is 8. The smallest absolute Gasteiger partial charge is 0.370 e. The van der Waals surface area contributed by atoms with Gasteiger partial charge in [-0.1, -0.05) is 26.2 Å². The average Bonchev–Trinajstić information content (AvgIpc) is 2.67. The van der Waals surface area contributed by atoms with Crippen LogP contribution in [0.4, 0.5) is 4.79 Å². The third-order valence-corrected chi connectivity index (χ3v) is 4.35. The molecule has 12 heteroatoms. The first-order valence-electron chi connectivity index (χ1n) is 9.43. The lowest BCUT2D eigenvalue weighted by Gasteiger charge is -2.38. The quantitative estimate of drug-likeness (QED) is 0.105. The number of hydrogen-bond acceptors (Lipinski definition) is 7. The number of unbranched alkanes of at least 4 members (excludes halogenated alkanes) is 3. The number of carbonyl (C=O) groups is 2. The van der Waals surface area contributed by atoms with Crippen LogP contribution in [-0.4, -0.2) is 81.9 Å². The Morgan fingerprint density at radius 3 is 2.52 bits per heavy atom. The summed E-state index contributed by atoms with van der Waals surface area (Å²) < 4.78 is 5.26. The van der Waals surface area contributed by atoms with Crippen LogP contribution in [0, 0.1) is 0 Å². The number of guanidine groups is 1. The molecule has 12 nitrogen and oxygen atoms in total. The van der Waals surface area contributed by atoms with E-state index >= 15 is 0 Å². The number of urea groups is 1. The molecule has 0 radical (unpaired) electrons. The molecule has 1 heterocycles. The number of nitrogens with zero attached hydrogens (tertiary/aromatic N) is 1. The van der Waals surface area contributed by atoms with Crippen LogP contribution in [0.5, 0.6) is 0 Å². The molecule has 5 atom stereocenters. The third-order valence-electron chi connectivity index (χ3n) is 4.35. The Labute approximate surface area is 168 Å². The number of rotatable bonds is 11. The van der Waals surface area contributed by atoms with E-state index in [1.807, 2.05) is 0 Å². The van der Waals surface area contributed by atoms with E-state index in [0.717, 1.165) is 31.8 Å². The Kier molecular flexibility index (Phi) is 10.2. The van der Waals surface area contributed by atoms with E-state index < -0.39 is 54.8 Å². The third kappa shape index (κ3) is 7.75. The molecule has 0 aliphatic carbocycles. The summed E-state index contributed by atoms with van der Waals surface area (Å²) in [5, 5.41) is 43.7. The summed E-state index contributed by atoms with van der Waals surface area (Å²) in [5.41, 5.74) is 10.8. The van der Waals surface area contributed by atoms with E-state index in [1.165, 1.54) is 0 Å². The van der Waals surface area contributed by atoms with E-state index in [2.05, 4.69) is 22.5 Å². The summed E-state index contributed by atoms with van der Waals surface area (Å²) >= 11 is 0. The maximum absolute atomic E-state index is 12.3. The molecule has 2 amide bonds. The van der Waals surface area contributed by atoms with Crippen LogP contribution in [0.15, 0.2) is 16.8 Å². The van der Waals surface area contributed by atoms with Crippen molar-refractivity contribution in [2.45, 2.75) is 63.0 Å². The second kappa shape index (κ2) is 12.1. The predicted octanol–water partition coefficient (Wildman–Crippen LogP) is -2.04. The standard InChI is InChI=1S/C17H31N5O7/c1-2-3-4-5-6-20-17(28)22-12-9(21-16(18)19)7-11(15(26)27)29-14(12)13(25)10(24)8-23/h7,9-10,12-14,23-25H,2-6,8H2,1H3,(H,26,27)(H4,18,19,21)(H2,20,22,28)/t9-,10+,12+,13+,14+/m0/s1. The highest BCUT2D eigenvalue weighted by Gasteiger charge is 2.44. The van der Waals surface area contributed by atoms with Gasteiger partial charge in [0, 0.05) is 6.54 Å². The number of nitrogens with two attached hydrogens (primary N) is 2. The van der Waals surface area contributed by atoms with Gasteiger partial charge in [0.15, 0.2) is 12.1 Å². The Hall–Kier alpha value is -2.57. The summed E-state index contributed by atoms with van der Waals surface area (Å²) in [6.45, 7) is 1.67. The molecule has 1 aliphatic heterocycles. The lowest BCUT2D eigenvalue weighted by molar-refractivity contribution is -0.144. The van der Waals surface area contributed by atoms with Crippen molar-refractivity contribution < 1.29 is 34.8 Å². The Balaban J connectivity index is 3.03. The van der Waals surface area contributed by atoms with Gasteiger partial charge in [-0.3, -0.25) is 0 Å². The van der Waals surface area contributed by atoms with Crippen LogP contribution in [0.3, 0.4) is 0 Å². The number of amides is 2. The monoisotopic (exact) mass is 417 g/mol. The number of ether oxygens (including phenoxy) is 1. The molecule has 166 valence electrons. The first-order valence-corrected chi connectivity index (χ1v) is 9.43. The summed E-state index contributed by atoms with van der Waals surface area (Å²) in [6, 6.07) is -2.81. The van der Waals surface area contributed by atoms with E-state index in [9.17, 15) is 24.9 Å². The number of carboxylic acid groups (broad SMARTS) is 1. The van der Waals surface area contributed by atoms with Crippen LogP contribution >= 0.6 is 0 Å². The second-order valence-electron chi connectivity index (χ2n) is 6.69. The highest BCUT2D eigenvalue weighted by atomic mass is 16.5. The van der Waals surface area contributed by atoms with E-state index in [1.54, 1.807) is 0 Å². The zero-order valence-corrected chi connectivity index (χ0v) is 16.3. The molecule has 10 N–H and O–H groups in total. The van der Waals surface area contributed by atoms with Gasteiger partial charge in [-0.2, -0.15) is 0 Å². The normalized spacial score (nSPS) is 23.2. The van der Waals surface area contributed by atoms with Crippen LogP contribution in [0.1, 0.15) is 32.6 Å². The van der Waals surface area contributed by atoms with Gasteiger partial charge in [-0.05, 0) is 12.5 Å². The van der Waals surface area contributed by atoms with Crippen LogP contribution in [0.25, 0.3) is 0 Å². The molecule has 0 aromatic carbocycles. The number of carboxylic acids is 1. The highest BCUT2D eigenvalue weighted by molar-refractivity contribution is 5.85. The molecule has 1 aliphatic rings. The SMILES string of the molecule is CCCCCCNC(=O)N[C@H]1[C@H]([C@H](O)[C@H](O)CO)OC(C(=O)O)=C[C@@H]1N=C(N)N. The summed E-state index contributed by atoms with van der Waals surface area (Å²) in [4.78, 5) is 27.5. The van der Waals surface area contributed by atoms with E-state index in [4.69, 9.17) is 21.3 Å². The van der Waals surface area contributed by atoms with E-state index in [-0.39, 0.29) is 5.96 Å². The Morgan fingerprint density at radius 2 is 1.97 bits per heavy atom. The zero-order valence-electron chi connectivity index (χ0n) is 16.3. The fourth-order valence-corrected chi connectivity index (χ4v) is 2.86. The number of nitrogens with one attached hydrogen (secondary N) is 2. The number of aliphatic carboxylic acids is 1. The van der Waals surface area contributed by atoms with Gasteiger partial charge in [0.1, 0.15) is 12.2 Å². The molecule has 0 unspecified atom stereocenters. The van der Waals surface area contributed by atoms with Crippen LogP contribution < -0.4 is 22.1 Å². The van der Waals surface area contributed by atoms with Gasteiger partial charge in [0.05, 0.1) is 18.7 Å². The highest BCUT2D eigenvalue weighted by Crippen LogP contribution is 2.24. The maximum atomic E-state index is 12.3. The topological polar surface area (TPSA) is 213 Å². The molecule has 29 heavy (non-hydrogen) atoms. The molecule has 0 aromatic heterocycles. The van der Waals surface area contributed by atoms with Crippen molar-refractivity contribution in [3.63, 3.8) is 0 Å². The molecule has 0 aromatic rings. The average molecular weight is 417 g/mol. The van der Waals surface area contributed by atoms with Crippen LogP contribution in [-0.2, 0) is 9.53 Å². The summed E-state index contributed by atoms with van der Waals surface area (Å²) in [6.07, 6.45) is 0.102. The predicted molar refractivity (Wildman–Crippen MR) is 104 cm³/mol. The van der Waals surface area contributed by atoms with Gasteiger partial charge < -0.3 is 47.3 Å². The van der Waals surface area contributed by atoms with Crippen LogP contribution in [0.2, 0.25) is 0 Å². The molecule has 0 saturated heterocycles. The fourth-order valence-electron chi connectivity index (χ4n) is 2.86. The number of aliphatic hydroxyl groups is 3. The first kappa shape index (κ1) is 24.5. The number of aliphatic imine (C=N–C) groups is 1. The minimum absolute atomic E-state index is 0.374. The molecule has 0 bridgehead atoms. The van der Waals surface area contributed by atoms with Gasteiger partial charge in [-0.25, -0.2) is 14.6 Å². The van der Waals surface area contributed by atoms with Crippen molar-refractivity contribution in [2.75, 3.05) is 13.2 Å². The summed E-state index contributed by atoms with van der Waals surface area (Å²) in [5.74, 6) is -2.39.